The van der Waals surface area contributed by atoms with E-state index >= 15 is 0 Å². The molecule has 6 nitrogen and oxygen atoms in total. The lowest BCUT2D eigenvalue weighted by molar-refractivity contribution is -0.120. The topological polar surface area (TPSA) is 71.9 Å². The second-order valence-corrected chi connectivity index (χ2v) is 6.45. The summed E-state index contributed by atoms with van der Waals surface area (Å²) in [6.45, 7) is 0.585. The Labute approximate surface area is 158 Å². The lowest BCUT2D eigenvalue weighted by Gasteiger charge is -2.15. The first-order valence-corrected chi connectivity index (χ1v) is 8.58. The highest BCUT2D eigenvalue weighted by atomic mass is 35.5. The fourth-order valence-electron chi connectivity index (χ4n) is 3.02. The van der Waals surface area contributed by atoms with Crippen molar-refractivity contribution in [3.05, 3.63) is 65.7 Å². The lowest BCUT2D eigenvalue weighted by Crippen LogP contribution is -2.28. The third-order valence-corrected chi connectivity index (χ3v) is 4.60. The number of amides is 1. The van der Waals surface area contributed by atoms with Crippen LogP contribution in [0.25, 0.3) is 11.3 Å². The van der Waals surface area contributed by atoms with Crippen molar-refractivity contribution in [1.82, 2.24) is 20.2 Å². The summed E-state index contributed by atoms with van der Waals surface area (Å²) in [7, 11) is 0. The molecule has 1 atom stereocenters. The molecule has 4 rings (SSSR count). The maximum atomic E-state index is 12.8. The summed E-state index contributed by atoms with van der Waals surface area (Å²) >= 11 is 5.81. The van der Waals surface area contributed by atoms with E-state index in [2.05, 4.69) is 20.2 Å². The summed E-state index contributed by atoms with van der Waals surface area (Å²) in [5, 5.41) is 8.78. The Hall–Kier alpha value is -2.86. The SMILES string of the molecule is [2H]c1cc(-c2ccc(N3CCC(Cc4ccc(Cl)nc4)C3=O)nn2)cc([2H])n1. The molecule has 3 aromatic heterocycles. The van der Waals surface area contributed by atoms with E-state index in [0.717, 1.165) is 12.0 Å². The highest BCUT2D eigenvalue weighted by Gasteiger charge is 2.33. The standard InChI is InChI=1S/C19H16ClN5O/c20-17-3-1-13(12-22-17)11-15-7-10-25(19(15)26)18-4-2-16(23-24-18)14-5-8-21-9-6-14/h1-6,8-9,12,15H,7,10-11H2/i8D,9D. The molecule has 0 saturated carbocycles. The van der Waals surface area contributed by atoms with Gasteiger partial charge in [-0.2, -0.15) is 0 Å². The van der Waals surface area contributed by atoms with Crippen molar-refractivity contribution in [3.8, 4) is 11.3 Å². The van der Waals surface area contributed by atoms with Crippen molar-refractivity contribution >= 4 is 23.3 Å². The molecule has 0 aliphatic carbocycles. The van der Waals surface area contributed by atoms with Crippen LogP contribution in [-0.4, -0.2) is 32.6 Å². The van der Waals surface area contributed by atoms with Crippen molar-refractivity contribution < 1.29 is 7.54 Å². The molecule has 0 spiro atoms. The van der Waals surface area contributed by atoms with E-state index in [4.69, 9.17) is 14.3 Å². The summed E-state index contributed by atoms with van der Waals surface area (Å²) in [6.07, 6.45) is 3.05. The first-order valence-electron chi connectivity index (χ1n) is 9.21. The Morgan fingerprint density at radius 1 is 1.15 bits per heavy atom. The first kappa shape index (κ1) is 14.3. The summed E-state index contributed by atoms with van der Waals surface area (Å²) in [5.41, 5.74) is 2.11. The summed E-state index contributed by atoms with van der Waals surface area (Å²) < 4.78 is 15.2. The van der Waals surface area contributed by atoms with Gasteiger partial charge in [0.1, 0.15) is 5.15 Å². The molecule has 0 aromatic carbocycles. The molecule has 1 saturated heterocycles. The van der Waals surface area contributed by atoms with Gasteiger partial charge in [-0.05, 0) is 48.7 Å². The molecule has 1 aliphatic rings. The van der Waals surface area contributed by atoms with Crippen LogP contribution in [0.3, 0.4) is 0 Å². The predicted molar refractivity (Wildman–Crippen MR) is 98.7 cm³/mol. The number of aromatic nitrogens is 4. The van der Waals surface area contributed by atoms with Crippen molar-refractivity contribution in [2.24, 2.45) is 5.92 Å². The van der Waals surface area contributed by atoms with Gasteiger partial charge in [-0.15, -0.1) is 10.2 Å². The van der Waals surface area contributed by atoms with E-state index in [0.29, 0.717) is 35.2 Å². The minimum atomic E-state index is -0.124. The normalized spacial score (nSPS) is 18.0. The molecule has 26 heavy (non-hydrogen) atoms. The highest BCUT2D eigenvalue weighted by Crippen LogP contribution is 2.27. The van der Waals surface area contributed by atoms with Crippen molar-refractivity contribution in [3.63, 3.8) is 0 Å². The Bertz CT molecular complexity index is 994. The lowest BCUT2D eigenvalue weighted by atomic mass is 9.99. The van der Waals surface area contributed by atoms with Gasteiger partial charge in [0.15, 0.2) is 5.82 Å². The molecule has 1 fully saturated rings. The molecule has 1 aliphatic heterocycles. The van der Waals surface area contributed by atoms with Crippen LogP contribution in [0.2, 0.25) is 5.15 Å². The minimum Gasteiger partial charge on any atom is -0.295 e. The zero-order valence-electron chi connectivity index (χ0n) is 15.8. The van der Waals surface area contributed by atoms with Crippen molar-refractivity contribution in [1.29, 1.82) is 0 Å². The van der Waals surface area contributed by atoms with E-state index in [1.807, 2.05) is 6.07 Å². The molecule has 130 valence electrons. The number of rotatable bonds is 4. The third-order valence-electron chi connectivity index (χ3n) is 4.38. The van der Waals surface area contributed by atoms with E-state index < -0.39 is 0 Å². The highest BCUT2D eigenvalue weighted by molar-refractivity contribution is 6.29. The predicted octanol–water partition coefficient (Wildman–Crippen LogP) is 3.18. The van der Waals surface area contributed by atoms with Gasteiger partial charge >= 0.3 is 0 Å². The van der Waals surface area contributed by atoms with Crippen LogP contribution in [0.4, 0.5) is 5.82 Å². The molecular weight excluding hydrogens is 350 g/mol. The molecule has 0 bridgehead atoms. The molecule has 4 heterocycles. The Morgan fingerprint density at radius 3 is 2.69 bits per heavy atom. The fourth-order valence-corrected chi connectivity index (χ4v) is 3.13. The molecule has 1 amide bonds. The van der Waals surface area contributed by atoms with Gasteiger partial charge in [0.2, 0.25) is 5.91 Å². The van der Waals surface area contributed by atoms with Crippen LogP contribution < -0.4 is 4.90 Å². The number of hydrogen-bond acceptors (Lipinski definition) is 5. The zero-order valence-corrected chi connectivity index (χ0v) is 14.5. The number of carbonyl (C=O) groups excluding carboxylic acids is 1. The van der Waals surface area contributed by atoms with Gasteiger partial charge in [0.05, 0.1) is 8.44 Å². The molecule has 3 aromatic rings. The van der Waals surface area contributed by atoms with Gasteiger partial charge in [-0.25, -0.2) is 4.98 Å². The smallest absolute Gasteiger partial charge is 0.231 e. The van der Waals surface area contributed by atoms with Gasteiger partial charge in [0, 0.05) is 36.6 Å². The molecule has 1 unspecified atom stereocenters. The Morgan fingerprint density at radius 2 is 2.00 bits per heavy atom. The average Bonchev–Trinajstić information content (AvgIpc) is 3.03. The number of hydrogen-bond donors (Lipinski definition) is 0. The monoisotopic (exact) mass is 367 g/mol. The second kappa shape index (κ2) is 7.17. The number of carbonyl (C=O) groups is 1. The second-order valence-electron chi connectivity index (χ2n) is 6.06. The van der Waals surface area contributed by atoms with Crippen molar-refractivity contribution in [2.75, 3.05) is 11.4 Å². The van der Waals surface area contributed by atoms with Crippen LogP contribution in [0.15, 0.2) is 54.9 Å². The van der Waals surface area contributed by atoms with Crippen LogP contribution in [0.1, 0.15) is 14.7 Å². The van der Waals surface area contributed by atoms with Gasteiger partial charge in [-0.3, -0.25) is 14.7 Å². The number of anilines is 1. The van der Waals surface area contributed by atoms with E-state index in [1.54, 1.807) is 29.3 Å². The van der Waals surface area contributed by atoms with Crippen LogP contribution in [0, 0.1) is 5.92 Å². The Kier molecular flexibility index (Phi) is 3.95. The number of halogens is 1. The molecule has 0 N–H and O–H groups in total. The number of pyridine rings is 2. The molecule has 7 heteroatoms. The van der Waals surface area contributed by atoms with Gasteiger partial charge in [-0.1, -0.05) is 17.7 Å². The summed E-state index contributed by atoms with van der Waals surface area (Å²) in [5.74, 6) is 0.390. The van der Waals surface area contributed by atoms with Gasteiger partial charge < -0.3 is 0 Å². The third kappa shape index (κ3) is 3.41. The van der Waals surface area contributed by atoms with Crippen molar-refractivity contribution in [2.45, 2.75) is 12.8 Å². The average molecular weight is 368 g/mol. The van der Waals surface area contributed by atoms with E-state index in [-0.39, 0.29) is 24.2 Å². The minimum absolute atomic E-state index is 0.00243. The summed E-state index contributed by atoms with van der Waals surface area (Å²) in [4.78, 5) is 22.2. The number of nitrogens with zero attached hydrogens (tertiary/aromatic N) is 5. The quantitative estimate of drug-likeness (QED) is 0.662. The largest absolute Gasteiger partial charge is 0.295 e. The van der Waals surface area contributed by atoms with Crippen LogP contribution in [0.5, 0.6) is 0 Å². The Balaban J connectivity index is 1.48. The van der Waals surface area contributed by atoms with Crippen LogP contribution in [-0.2, 0) is 11.2 Å². The van der Waals surface area contributed by atoms with E-state index in [1.165, 1.54) is 12.1 Å². The molecular formula is C19H16ClN5O. The van der Waals surface area contributed by atoms with Gasteiger partial charge in [0.25, 0.3) is 0 Å². The maximum absolute atomic E-state index is 12.8. The van der Waals surface area contributed by atoms with Crippen LogP contribution >= 0.6 is 11.6 Å². The maximum Gasteiger partial charge on any atom is 0.231 e. The van der Waals surface area contributed by atoms with E-state index in [9.17, 15) is 4.79 Å². The first-order chi connectivity index (χ1) is 13.5. The summed E-state index contributed by atoms with van der Waals surface area (Å²) in [6, 6.07) is 10.1. The molecule has 0 radical (unpaired) electrons. The fraction of sp³-hybridized carbons (Fsp3) is 0.211. The zero-order chi connectivity index (χ0) is 19.7.